The van der Waals surface area contributed by atoms with E-state index < -0.39 is 36.2 Å². The Morgan fingerprint density at radius 3 is 2.57 bits per heavy atom. The van der Waals surface area contributed by atoms with E-state index in [1.165, 1.54) is 42.2 Å². The zero-order valence-electron chi connectivity index (χ0n) is 18.1. The van der Waals surface area contributed by atoms with Crippen molar-refractivity contribution in [2.75, 3.05) is 11.5 Å². The number of nitrogens with one attached hydrogen (secondary N) is 1. The average molecular weight is 482 g/mol. The zero-order valence-corrected chi connectivity index (χ0v) is 18.1. The van der Waals surface area contributed by atoms with Gasteiger partial charge in [-0.2, -0.15) is 23.7 Å². The van der Waals surface area contributed by atoms with Gasteiger partial charge in [0.25, 0.3) is 0 Å². The summed E-state index contributed by atoms with van der Waals surface area (Å²) in [6.45, 7) is 0.808. The number of hydrogen-bond donors (Lipinski definition) is 3. The van der Waals surface area contributed by atoms with Crippen LogP contribution in [-0.4, -0.2) is 31.6 Å². The molecule has 12 heteroatoms. The summed E-state index contributed by atoms with van der Waals surface area (Å²) in [6, 6.07) is 11.4. The fraction of sp³-hybridized carbons (Fsp3) is 0.217. The maximum absolute atomic E-state index is 13.3. The number of nitriles is 2. The highest BCUT2D eigenvalue weighted by Gasteiger charge is 2.38. The molecule has 0 spiro atoms. The van der Waals surface area contributed by atoms with E-state index in [-0.39, 0.29) is 39.6 Å². The Labute approximate surface area is 196 Å². The topological polar surface area (TPSA) is 142 Å². The van der Waals surface area contributed by atoms with Crippen molar-refractivity contribution in [1.29, 1.82) is 10.5 Å². The van der Waals surface area contributed by atoms with Gasteiger partial charge in [0.05, 0.1) is 35.4 Å². The van der Waals surface area contributed by atoms with E-state index in [9.17, 15) is 38.7 Å². The van der Waals surface area contributed by atoms with Gasteiger partial charge in [0.1, 0.15) is 12.1 Å². The third kappa shape index (κ3) is 3.95. The lowest BCUT2D eigenvalue weighted by Crippen LogP contribution is -2.35. The first-order chi connectivity index (χ1) is 16.6. The summed E-state index contributed by atoms with van der Waals surface area (Å²) < 4.78 is 41.1. The highest BCUT2D eigenvalue weighted by molar-refractivity contribution is 5.69. The lowest BCUT2D eigenvalue weighted by Gasteiger charge is -2.35. The number of halogens is 3. The Kier molecular flexibility index (Phi) is 5.94. The number of anilines is 2. The fourth-order valence-corrected chi connectivity index (χ4v) is 4.13. The molecular formula is C23H17F3N6O3. The molecule has 1 aliphatic heterocycles. The molecule has 0 saturated carbocycles. The van der Waals surface area contributed by atoms with E-state index in [1.807, 2.05) is 12.1 Å². The van der Waals surface area contributed by atoms with E-state index in [0.29, 0.717) is 0 Å². The van der Waals surface area contributed by atoms with Crippen molar-refractivity contribution < 1.29 is 23.4 Å². The summed E-state index contributed by atoms with van der Waals surface area (Å²) in [6.07, 6.45) is -6.04. The summed E-state index contributed by atoms with van der Waals surface area (Å²) in [5.41, 5.74) is -0.912. The number of aromatic amines is 1. The van der Waals surface area contributed by atoms with Gasteiger partial charge in [-0.15, -0.1) is 5.10 Å². The predicted octanol–water partition coefficient (Wildman–Crippen LogP) is 3.03. The van der Waals surface area contributed by atoms with E-state index in [2.05, 4.69) is 10.2 Å². The molecule has 2 atom stereocenters. The van der Waals surface area contributed by atoms with Gasteiger partial charge in [-0.25, -0.2) is 14.5 Å². The smallest absolute Gasteiger partial charge is 0.393 e. The van der Waals surface area contributed by atoms with Crippen molar-refractivity contribution in [3.63, 3.8) is 0 Å². The van der Waals surface area contributed by atoms with E-state index in [4.69, 9.17) is 0 Å². The molecule has 0 amide bonds. The van der Waals surface area contributed by atoms with Crippen LogP contribution in [-0.2, 0) is 6.18 Å². The molecule has 0 aliphatic carbocycles. The van der Waals surface area contributed by atoms with Gasteiger partial charge >= 0.3 is 11.9 Å². The van der Waals surface area contributed by atoms with E-state index in [1.54, 1.807) is 0 Å². The second-order valence-corrected chi connectivity index (χ2v) is 7.75. The van der Waals surface area contributed by atoms with Crippen LogP contribution < -0.4 is 10.6 Å². The summed E-state index contributed by atoms with van der Waals surface area (Å²) in [5.74, 6) is -0.0791. The molecule has 3 aromatic rings. The SMILES string of the molecule is CC1=C(C#N)[C@@H](c2ccc(C#N)cc2[C@@H](O)CO)n2c(n[nH]c2=O)N1c1cccc(C(F)(F)F)c1. The summed E-state index contributed by atoms with van der Waals surface area (Å²) >= 11 is 0. The predicted molar refractivity (Wildman–Crippen MR) is 116 cm³/mol. The summed E-state index contributed by atoms with van der Waals surface area (Å²) in [4.78, 5) is 14.1. The number of rotatable bonds is 4. The zero-order chi connectivity index (χ0) is 25.5. The Hall–Kier alpha value is -4.39. The van der Waals surface area contributed by atoms with Crippen LogP contribution in [0.2, 0.25) is 0 Å². The summed E-state index contributed by atoms with van der Waals surface area (Å²) in [5, 5.41) is 45.5. The molecule has 2 aromatic carbocycles. The van der Waals surface area contributed by atoms with Crippen LogP contribution in [0.5, 0.6) is 0 Å². The van der Waals surface area contributed by atoms with Crippen molar-refractivity contribution >= 4 is 11.6 Å². The average Bonchev–Trinajstić information content (AvgIpc) is 3.22. The van der Waals surface area contributed by atoms with Crippen LogP contribution in [0.4, 0.5) is 24.8 Å². The highest BCUT2D eigenvalue weighted by atomic mass is 19.4. The van der Waals surface area contributed by atoms with E-state index >= 15 is 0 Å². The molecule has 1 aromatic heterocycles. The number of H-pyrrole nitrogens is 1. The molecule has 0 radical (unpaired) electrons. The normalized spacial score (nSPS) is 16.5. The van der Waals surface area contributed by atoms with Crippen molar-refractivity contribution in [2.45, 2.75) is 25.2 Å². The summed E-state index contributed by atoms with van der Waals surface area (Å²) in [7, 11) is 0. The van der Waals surface area contributed by atoms with Crippen LogP contribution in [0.25, 0.3) is 0 Å². The largest absolute Gasteiger partial charge is 0.416 e. The maximum atomic E-state index is 13.3. The van der Waals surface area contributed by atoms with Gasteiger partial charge < -0.3 is 10.2 Å². The van der Waals surface area contributed by atoms with Gasteiger partial charge in [0.2, 0.25) is 5.95 Å². The number of aliphatic hydroxyl groups excluding tert-OH is 2. The molecular weight excluding hydrogens is 465 g/mol. The number of hydrogen-bond acceptors (Lipinski definition) is 7. The van der Waals surface area contributed by atoms with Crippen LogP contribution in [0.1, 0.15) is 41.3 Å². The Balaban J connectivity index is 2.00. The number of alkyl halides is 3. The standard InChI is InChI=1S/C23H17F3N6O3/c1-12-18(10-28)20(16-6-5-13(9-27)7-17(16)19(34)11-33)32-21(29-30-22(32)35)31(12)15-4-2-3-14(8-15)23(24,25)26/h2-8,19-20,33-34H,11H2,1H3,(H,30,35)/t19-,20+/m0/s1. The lowest BCUT2D eigenvalue weighted by atomic mass is 9.89. The molecule has 3 N–H and O–H groups in total. The maximum Gasteiger partial charge on any atom is 0.416 e. The van der Waals surface area contributed by atoms with Crippen molar-refractivity contribution in [1.82, 2.24) is 14.8 Å². The molecule has 0 unspecified atom stereocenters. The molecule has 9 nitrogen and oxygen atoms in total. The van der Waals surface area contributed by atoms with Crippen LogP contribution >= 0.6 is 0 Å². The number of aromatic nitrogens is 3. The molecule has 178 valence electrons. The monoisotopic (exact) mass is 482 g/mol. The molecule has 35 heavy (non-hydrogen) atoms. The number of benzene rings is 2. The van der Waals surface area contributed by atoms with Crippen LogP contribution in [0.15, 0.2) is 58.5 Å². The van der Waals surface area contributed by atoms with Crippen LogP contribution in [0.3, 0.4) is 0 Å². The molecule has 1 aliphatic rings. The third-order valence-electron chi connectivity index (χ3n) is 5.74. The molecule has 2 heterocycles. The highest BCUT2D eigenvalue weighted by Crippen LogP contribution is 2.43. The minimum absolute atomic E-state index is 0.00508. The first kappa shape index (κ1) is 23.8. The van der Waals surface area contributed by atoms with Gasteiger partial charge in [0.15, 0.2) is 0 Å². The second kappa shape index (κ2) is 8.76. The Morgan fingerprint density at radius 2 is 1.94 bits per heavy atom. The Morgan fingerprint density at radius 1 is 1.20 bits per heavy atom. The van der Waals surface area contributed by atoms with Gasteiger partial charge in [-0.05, 0) is 48.4 Å². The second-order valence-electron chi connectivity index (χ2n) is 7.75. The van der Waals surface area contributed by atoms with Gasteiger partial charge in [0, 0.05) is 11.4 Å². The third-order valence-corrected chi connectivity index (χ3v) is 5.74. The van der Waals surface area contributed by atoms with Crippen molar-refractivity contribution in [3.8, 4) is 12.1 Å². The number of nitrogens with zero attached hydrogens (tertiary/aromatic N) is 5. The van der Waals surface area contributed by atoms with Gasteiger partial charge in [-0.1, -0.05) is 12.1 Å². The minimum atomic E-state index is -4.62. The molecule has 0 bridgehead atoms. The number of aliphatic hydroxyl groups is 2. The van der Waals surface area contributed by atoms with Gasteiger partial charge in [-0.3, -0.25) is 4.90 Å². The number of allylic oxidation sites excluding steroid dienone is 2. The molecule has 0 fully saturated rings. The van der Waals surface area contributed by atoms with E-state index in [0.717, 1.165) is 16.7 Å². The fourth-order valence-electron chi connectivity index (χ4n) is 4.13. The van der Waals surface area contributed by atoms with Crippen LogP contribution in [0, 0.1) is 22.7 Å². The first-order valence-corrected chi connectivity index (χ1v) is 10.2. The first-order valence-electron chi connectivity index (χ1n) is 10.2. The Bertz CT molecular complexity index is 1480. The molecule has 0 saturated heterocycles. The minimum Gasteiger partial charge on any atom is -0.393 e. The number of fused-ring (bicyclic) bond motifs is 1. The van der Waals surface area contributed by atoms with Crippen molar-refractivity contribution in [3.05, 3.63) is 86.5 Å². The lowest BCUT2D eigenvalue weighted by molar-refractivity contribution is -0.137. The molecule has 4 rings (SSSR count). The van der Waals surface area contributed by atoms with Crippen molar-refractivity contribution in [2.24, 2.45) is 0 Å². The quantitative estimate of drug-likeness (QED) is 0.519.